The maximum atomic E-state index is 13.3. The van der Waals surface area contributed by atoms with Crippen LogP contribution in [0.4, 0.5) is 0 Å². The summed E-state index contributed by atoms with van der Waals surface area (Å²) in [7, 11) is 0. The van der Waals surface area contributed by atoms with Crippen LogP contribution in [0.2, 0.25) is 0 Å². The van der Waals surface area contributed by atoms with Crippen LogP contribution >= 0.6 is 15.9 Å². The first kappa shape index (κ1) is 26.6. The fourth-order valence-corrected chi connectivity index (χ4v) is 5.83. The van der Waals surface area contributed by atoms with Gasteiger partial charge in [-0.3, -0.25) is 9.69 Å². The van der Waals surface area contributed by atoms with Crippen LogP contribution in [0.3, 0.4) is 0 Å². The lowest BCUT2D eigenvalue weighted by atomic mass is 9.84. The molecule has 8 heteroatoms. The molecule has 1 aromatic carbocycles. The van der Waals surface area contributed by atoms with E-state index in [1.54, 1.807) is 13.0 Å². The summed E-state index contributed by atoms with van der Waals surface area (Å²) in [5.41, 5.74) is 4.11. The number of rotatable bonds is 6. The summed E-state index contributed by atoms with van der Waals surface area (Å²) < 4.78 is 1.84. The number of halogens is 1. The lowest BCUT2D eigenvalue weighted by molar-refractivity contribution is -0.612. The lowest BCUT2D eigenvalue weighted by Crippen LogP contribution is -2.57. The standard InChI is InChI=1S/C28H37BrN4O3/c1-5-36-30-26(22-6-8-24(29)9-7-22)23-11-15-32(16-12-23)28(4)13-18-31(19-14-28)27(34)25-20(2)10-17-33(35)21(25)3/h6-10,17,23H,5,11-16,18-19H2,1-4H3/b30-26+/i18+2. The highest BCUT2D eigenvalue weighted by Crippen LogP contribution is 2.34. The van der Waals surface area contributed by atoms with E-state index in [1.807, 2.05) is 18.7 Å². The summed E-state index contributed by atoms with van der Waals surface area (Å²) in [6.07, 6.45) is 5.40. The highest BCUT2D eigenvalue weighted by molar-refractivity contribution is 9.10. The topological polar surface area (TPSA) is 72.1 Å². The zero-order chi connectivity index (χ0) is 25.9. The number of likely N-dealkylation sites (tertiary alicyclic amines) is 2. The van der Waals surface area contributed by atoms with Crippen LogP contribution in [0, 0.1) is 25.0 Å². The highest BCUT2D eigenvalue weighted by atomic mass is 79.9. The molecule has 2 aliphatic heterocycles. The zero-order valence-electron chi connectivity index (χ0n) is 21.8. The Bertz CT molecular complexity index is 1100. The van der Waals surface area contributed by atoms with Crippen molar-refractivity contribution >= 4 is 27.5 Å². The fraction of sp³-hybridized carbons (Fsp3) is 0.536. The average molecular weight is 560 g/mol. The van der Waals surface area contributed by atoms with Gasteiger partial charge in [0.15, 0.2) is 6.20 Å². The van der Waals surface area contributed by atoms with Crippen LogP contribution in [-0.4, -0.2) is 59.7 Å². The number of piperidine rings is 2. The molecule has 0 aliphatic carbocycles. The van der Waals surface area contributed by atoms with Crippen LogP contribution < -0.4 is 4.73 Å². The van der Waals surface area contributed by atoms with Gasteiger partial charge in [0.2, 0.25) is 5.69 Å². The average Bonchev–Trinajstić information content (AvgIpc) is 2.88. The molecule has 0 radical (unpaired) electrons. The monoisotopic (exact) mass is 558 g/mol. The molecule has 2 fully saturated rings. The van der Waals surface area contributed by atoms with Gasteiger partial charge < -0.3 is 14.9 Å². The molecule has 0 saturated carbocycles. The number of nitrogens with zero attached hydrogens (tertiary/aromatic N) is 4. The SMILES string of the molecule is CCO/N=C(\c1ccc(Br)cc1)C1CCN(C2(C)CCN(C(=O)c3c(C)cc[n+]([O-])c3C)[14CH2]C2)CC1. The minimum atomic E-state index is -0.0257. The molecule has 7 nitrogen and oxygen atoms in total. The van der Waals surface area contributed by atoms with Crippen LogP contribution in [-0.2, 0) is 4.84 Å². The van der Waals surface area contributed by atoms with E-state index in [4.69, 9.17) is 4.84 Å². The second-order valence-corrected chi connectivity index (χ2v) is 11.2. The Kier molecular flexibility index (Phi) is 8.35. The first-order valence-corrected chi connectivity index (χ1v) is 13.7. The predicted octanol–water partition coefficient (Wildman–Crippen LogP) is 4.85. The summed E-state index contributed by atoms with van der Waals surface area (Å²) in [5, 5.41) is 16.6. The number of hydrogen-bond acceptors (Lipinski definition) is 5. The van der Waals surface area contributed by atoms with Gasteiger partial charge in [0, 0.05) is 42.0 Å². The van der Waals surface area contributed by atoms with Gasteiger partial charge in [-0.05, 0) is 82.8 Å². The van der Waals surface area contributed by atoms with Crippen LogP contribution in [0.25, 0.3) is 0 Å². The molecule has 0 spiro atoms. The number of oxime groups is 1. The van der Waals surface area contributed by atoms with E-state index < -0.39 is 0 Å². The third kappa shape index (κ3) is 5.59. The summed E-state index contributed by atoms with van der Waals surface area (Å²) >= 11 is 3.52. The molecule has 2 aliphatic rings. The Morgan fingerprint density at radius 3 is 2.53 bits per heavy atom. The van der Waals surface area contributed by atoms with Crippen molar-refractivity contribution in [2.45, 2.75) is 58.9 Å². The van der Waals surface area contributed by atoms with E-state index in [0.717, 1.165) is 64.8 Å². The number of aromatic nitrogens is 1. The van der Waals surface area contributed by atoms with E-state index >= 15 is 0 Å². The number of carbonyl (C=O) groups is 1. The first-order chi connectivity index (χ1) is 17.2. The lowest BCUT2D eigenvalue weighted by Gasteiger charge is -2.49. The number of benzene rings is 1. The Morgan fingerprint density at radius 2 is 1.92 bits per heavy atom. The van der Waals surface area contributed by atoms with Gasteiger partial charge in [-0.1, -0.05) is 33.2 Å². The molecule has 0 N–H and O–H groups in total. The summed E-state index contributed by atoms with van der Waals surface area (Å²) in [4.78, 5) is 23.3. The van der Waals surface area contributed by atoms with Crippen LogP contribution in [0.15, 0.2) is 46.2 Å². The summed E-state index contributed by atoms with van der Waals surface area (Å²) in [6, 6.07) is 10.0. The van der Waals surface area contributed by atoms with Crippen molar-refractivity contribution in [3.8, 4) is 0 Å². The molecule has 1 amide bonds. The van der Waals surface area contributed by atoms with Gasteiger partial charge >= 0.3 is 0 Å². The molecule has 3 heterocycles. The Morgan fingerprint density at radius 1 is 1.22 bits per heavy atom. The molecule has 194 valence electrons. The van der Waals surface area contributed by atoms with Crippen molar-refractivity contribution in [3.05, 3.63) is 68.6 Å². The van der Waals surface area contributed by atoms with Crippen molar-refractivity contribution in [1.82, 2.24) is 9.80 Å². The Balaban J connectivity index is 1.38. The van der Waals surface area contributed by atoms with Crippen molar-refractivity contribution < 1.29 is 14.4 Å². The Labute approximate surface area is 222 Å². The number of carbonyl (C=O) groups excluding carboxylic acids is 1. The smallest absolute Gasteiger partial charge is 0.260 e. The Hall–Kier alpha value is -2.45. The zero-order valence-corrected chi connectivity index (χ0v) is 23.4. The number of amides is 1. The third-order valence-corrected chi connectivity index (χ3v) is 8.49. The van der Waals surface area contributed by atoms with Crippen molar-refractivity contribution in [2.24, 2.45) is 11.1 Å². The second-order valence-electron chi connectivity index (χ2n) is 10.2. The van der Waals surface area contributed by atoms with Crippen molar-refractivity contribution in [3.63, 3.8) is 0 Å². The normalized spacial score (nSPS) is 22.0. The first-order valence-electron chi connectivity index (χ1n) is 12.9. The van der Waals surface area contributed by atoms with Crippen LogP contribution in [0.5, 0.6) is 0 Å². The van der Waals surface area contributed by atoms with Crippen molar-refractivity contribution in [1.29, 1.82) is 0 Å². The van der Waals surface area contributed by atoms with E-state index in [0.29, 0.717) is 36.9 Å². The minimum absolute atomic E-state index is 0.0257. The molecular weight excluding hydrogens is 522 g/mol. The van der Waals surface area contributed by atoms with Gasteiger partial charge in [-0.25, -0.2) is 0 Å². The number of aryl methyl sites for hydroxylation is 1. The quantitative estimate of drug-likeness (QED) is 0.220. The molecule has 1 unspecified atom stereocenters. The number of hydrogen-bond donors (Lipinski definition) is 0. The molecule has 2 aromatic rings. The second kappa shape index (κ2) is 11.3. The van der Waals surface area contributed by atoms with Gasteiger partial charge in [0.05, 0.1) is 5.71 Å². The van der Waals surface area contributed by atoms with E-state index in [9.17, 15) is 10.0 Å². The van der Waals surface area contributed by atoms with Gasteiger partial charge in [0.25, 0.3) is 5.91 Å². The largest absolute Gasteiger partial charge is 0.618 e. The van der Waals surface area contributed by atoms with Crippen molar-refractivity contribution in [2.75, 3.05) is 32.8 Å². The molecule has 0 bridgehead atoms. The van der Waals surface area contributed by atoms with E-state index in [1.165, 1.54) is 6.20 Å². The maximum absolute atomic E-state index is 13.3. The number of pyridine rings is 1. The maximum Gasteiger partial charge on any atom is 0.260 e. The molecule has 1 atom stereocenters. The van der Waals surface area contributed by atoms with Gasteiger partial charge in [-0.15, -0.1) is 0 Å². The summed E-state index contributed by atoms with van der Waals surface area (Å²) in [5.74, 6) is 0.337. The molecule has 36 heavy (non-hydrogen) atoms. The molecule has 4 rings (SSSR count). The van der Waals surface area contributed by atoms with Gasteiger partial charge in [-0.2, -0.15) is 4.73 Å². The highest BCUT2D eigenvalue weighted by Gasteiger charge is 2.40. The van der Waals surface area contributed by atoms with Gasteiger partial charge in [0.1, 0.15) is 12.2 Å². The van der Waals surface area contributed by atoms with Crippen LogP contribution in [0.1, 0.15) is 66.7 Å². The fourth-order valence-electron chi connectivity index (χ4n) is 5.57. The molecule has 2 saturated heterocycles. The summed E-state index contributed by atoms with van der Waals surface area (Å²) in [6.45, 7) is 11.9. The van der Waals surface area contributed by atoms with E-state index in [-0.39, 0.29) is 11.4 Å². The molecule has 1 aromatic heterocycles. The minimum Gasteiger partial charge on any atom is -0.618 e. The third-order valence-electron chi connectivity index (χ3n) is 7.97. The molecular formula is C28H37BrN4O3. The van der Waals surface area contributed by atoms with E-state index in [2.05, 4.69) is 57.2 Å². The predicted molar refractivity (Wildman–Crippen MR) is 145 cm³/mol.